The Morgan fingerprint density at radius 2 is 2.07 bits per heavy atom. The second kappa shape index (κ2) is 10.0. The summed E-state index contributed by atoms with van der Waals surface area (Å²) in [6.45, 7) is 4.40. The van der Waals surface area contributed by atoms with Gasteiger partial charge in [-0.05, 0) is 55.3 Å². The number of amides is 1. The van der Waals surface area contributed by atoms with Gasteiger partial charge in [0.05, 0.1) is 23.8 Å². The van der Waals surface area contributed by atoms with Crippen molar-refractivity contribution in [1.29, 1.82) is 0 Å². The van der Waals surface area contributed by atoms with Crippen molar-refractivity contribution in [2.45, 2.75) is 32.4 Å². The van der Waals surface area contributed by atoms with Gasteiger partial charge < -0.3 is 25.5 Å². The van der Waals surface area contributed by atoms with Crippen LogP contribution in [-0.2, 0) is 17.8 Å². The molecule has 7 nitrogen and oxygen atoms in total. The Hall–Kier alpha value is -2.90. The van der Waals surface area contributed by atoms with Crippen molar-refractivity contribution in [1.82, 2.24) is 14.9 Å². The summed E-state index contributed by atoms with van der Waals surface area (Å²) in [4.78, 5) is 15.3. The molecule has 4 N–H and O–H groups in total. The molecule has 0 aliphatic heterocycles. The third-order valence-electron chi connectivity index (χ3n) is 4.65. The molecule has 0 fully saturated rings. The summed E-state index contributed by atoms with van der Waals surface area (Å²) in [7, 11) is 0. The number of nitrogens with zero attached hydrogens (tertiary/aromatic N) is 2. The van der Waals surface area contributed by atoms with Gasteiger partial charge >= 0.3 is 0 Å². The smallest absolute Gasteiger partial charge is 0.221 e. The molecule has 0 aliphatic carbocycles. The fourth-order valence-corrected chi connectivity index (χ4v) is 3.15. The maximum absolute atomic E-state index is 10.9. The molecule has 29 heavy (non-hydrogen) atoms. The Bertz CT molecular complexity index is 937. The lowest BCUT2D eigenvalue weighted by Gasteiger charge is -2.14. The maximum Gasteiger partial charge on any atom is 0.221 e. The van der Waals surface area contributed by atoms with E-state index in [0.29, 0.717) is 12.3 Å². The van der Waals surface area contributed by atoms with E-state index in [1.165, 1.54) is 5.56 Å². The van der Waals surface area contributed by atoms with E-state index in [4.69, 9.17) is 10.5 Å². The Kier molecular flexibility index (Phi) is 7.21. The first-order valence-corrected chi connectivity index (χ1v) is 9.81. The van der Waals surface area contributed by atoms with Gasteiger partial charge in [-0.15, -0.1) is 0 Å². The molecule has 1 heterocycles. The first-order valence-electron chi connectivity index (χ1n) is 9.81. The highest BCUT2D eigenvalue weighted by Gasteiger charge is 2.06. The molecule has 1 aromatic heterocycles. The van der Waals surface area contributed by atoms with Crippen molar-refractivity contribution in [3.8, 4) is 5.75 Å². The highest BCUT2D eigenvalue weighted by atomic mass is 16.5. The molecule has 1 amide bonds. The number of fused-ring (bicyclic) bond motifs is 1. The van der Waals surface area contributed by atoms with Gasteiger partial charge in [0.1, 0.15) is 18.5 Å². The Labute approximate surface area is 170 Å². The lowest BCUT2D eigenvalue weighted by molar-refractivity contribution is -0.117. The zero-order valence-corrected chi connectivity index (χ0v) is 16.7. The Morgan fingerprint density at radius 3 is 2.83 bits per heavy atom. The van der Waals surface area contributed by atoms with Gasteiger partial charge in [-0.2, -0.15) is 0 Å². The SMILES string of the molecule is Cc1ccc2c(c1)ncn2CCCNCC(O)COc1ccc(CC(N)=O)cc1. The number of nitrogens with one attached hydrogen (secondary N) is 1. The van der Waals surface area contributed by atoms with Crippen molar-refractivity contribution >= 4 is 16.9 Å². The summed E-state index contributed by atoms with van der Waals surface area (Å²) in [6.07, 6.45) is 2.43. The molecule has 1 unspecified atom stereocenters. The van der Waals surface area contributed by atoms with Gasteiger partial charge in [-0.1, -0.05) is 18.2 Å². The van der Waals surface area contributed by atoms with Crippen LogP contribution < -0.4 is 15.8 Å². The minimum atomic E-state index is -0.600. The highest BCUT2D eigenvalue weighted by Crippen LogP contribution is 2.15. The topological polar surface area (TPSA) is 102 Å². The largest absolute Gasteiger partial charge is 0.491 e. The number of carbonyl (C=O) groups excluding carboxylic acids is 1. The zero-order chi connectivity index (χ0) is 20.6. The van der Waals surface area contributed by atoms with Crippen LogP contribution in [0.3, 0.4) is 0 Å². The van der Waals surface area contributed by atoms with Gasteiger partial charge in [-0.3, -0.25) is 4.79 Å². The molecule has 0 bridgehead atoms. The molecule has 1 atom stereocenters. The van der Waals surface area contributed by atoms with E-state index >= 15 is 0 Å². The van der Waals surface area contributed by atoms with Crippen LogP contribution in [0.25, 0.3) is 11.0 Å². The van der Waals surface area contributed by atoms with Gasteiger partial charge in [-0.25, -0.2) is 4.98 Å². The zero-order valence-electron chi connectivity index (χ0n) is 16.7. The van der Waals surface area contributed by atoms with Gasteiger partial charge in [0.15, 0.2) is 0 Å². The fourth-order valence-electron chi connectivity index (χ4n) is 3.15. The van der Waals surface area contributed by atoms with Crippen LogP contribution in [0.5, 0.6) is 5.75 Å². The summed E-state index contributed by atoms with van der Waals surface area (Å²) >= 11 is 0. The monoisotopic (exact) mass is 396 g/mol. The summed E-state index contributed by atoms with van der Waals surface area (Å²) in [5.41, 5.74) is 9.39. The van der Waals surface area contributed by atoms with Crippen molar-refractivity contribution < 1.29 is 14.6 Å². The Morgan fingerprint density at radius 1 is 1.28 bits per heavy atom. The van der Waals surface area contributed by atoms with Crippen molar-refractivity contribution in [2.75, 3.05) is 19.7 Å². The van der Waals surface area contributed by atoms with Crippen LogP contribution in [0.15, 0.2) is 48.8 Å². The normalized spacial score (nSPS) is 12.2. The van der Waals surface area contributed by atoms with Crippen LogP contribution in [0.4, 0.5) is 0 Å². The summed E-state index contributed by atoms with van der Waals surface area (Å²) in [5.74, 6) is 0.288. The predicted octanol–water partition coefficient (Wildman–Crippen LogP) is 1.79. The number of nitrogens with two attached hydrogens (primary N) is 1. The molecule has 7 heteroatoms. The van der Waals surface area contributed by atoms with Crippen LogP contribution in [0.1, 0.15) is 17.5 Å². The van der Waals surface area contributed by atoms with Crippen LogP contribution in [0.2, 0.25) is 0 Å². The molecule has 3 rings (SSSR count). The Balaban J connectivity index is 1.32. The van der Waals surface area contributed by atoms with E-state index < -0.39 is 6.10 Å². The molecule has 0 radical (unpaired) electrons. The molecule has 0 saturated carbocycles. The quantitative estimate of drug-likeness (QED) is 0.429. The van der Waals surface area contributed by atoms with E-state index in [1.807, 2.05) is 6.33 Å². The number of aliphatic hydroxyl groups excluding tert-OH is 1. The van der Waals surface area contributed by atoms with E-state index in [1.54, 1.807) is 24.3 Å². The lowest BCUT2D eigenvalue weighted by atomic mass is 10.1. The summed E-state index contributed by atoms with van der Waals surface area (Å²) < 4.78 is 7.73. The van der Waals surface area contributed by atoms with Crippen LogP contribution in [0, 0.1) is 6.92 Å². The molecule has 0 saturated heterocycles. The maximum atomic E-state index is 10.9. The number of hydrogen-bond donors (Lipinski definition) is 3. The van der Waals surface area contributed by atoms with Gasteiger partial charge in [0.2, 0.25) is 5.91 Å². The fraction of sp³-hybridized carbons (Fsp3) is 0.364. The molecule has 0 spiro atoms. The van der Waals surface area contributed by atoms with Crippen molar-refractivity contribution in [2.24, 2.45) is 5.73 Å². The van der Waals surface area contributed by atoms with Crippen LogP contribution >= 0.6 is 0 Å². The third kappa shape index (κ3) is 6.30. The first-order chi connectivity index (χ1) is 14.0. The third-order valence-corrected chi connectivity index (χ3v) is 4.65. The minimum absolute atomic E-state index is 0.202. The number of aromatic nitrogens is 2. The number of benzene rings is 2. The van der Waals surface area contributed by atoms with E-state index in [0.717, 1.165) is 36.1 Å². The number of ether oxygens (including phenoxy) is 1. The highest BCUT2D eigenvalue weighted by molar-refractivity contribution is 5.76. The standard InChI is InChI=1S/C22H28N4O3/c1-16-3-8-21-20(11-16)25-15-26(21)10-2-9-24-13-18(27)14-29-19-6-4-17(5-7-19)12-22(23)28/h3-8,11,15,18,24,27H,2,9-10,12-14H2,1H3,(H2,23,28). The van der Waals surface area contributed by atoms with Crippen molar-refractivity contribution in [3.05, 3.63) is 59.9 Å². The average Bonchev–Trinajstić information content (AvgIpc) is 3.08. The number of aryl methyl sites for hydroxylation is 2. The molecular weight excluding hydrogens is 368 g/mol. The van der Waals surface area contributed by atoms with Gasteiger partial charge in [0, 0.05) is 13.1 Å². The molecular formula is C22H28N4O3. The van der Waals surface area contributed by atoms with E-state index in [2.05, 4.69) is 40.0 Å². The van der Waals surface area contributed by atoms with E-state index in [-0.39, 0.29) is 18.9 Å². The minimum Gasteiger partial charge on any atom is -0.491 e. The molecule has 0 aliphatic rings. The number of primary amides is 1. The van der Waals surface area contributed by atoms with E-state index in [9.17, 15) is 9.90 Å². The molecule has 3 aromatic rings. The number of rotatable bonds is 11. The second-order valence-corrected chi connectivity index (χ2v) is 7.24. The summed E-state index contributed by atoms with van der Waals surface area (Å²) in [5, 5.41) is 13.3. The number of carbonyl (C=O) groups is 1. The first kappa shape index (κ1) is 20.8. The number of imidazole rings is 1. The van der Waals surface area contributed by atoms with Crippen molar-refractivity contribution in [3.63, 3.8) is 0 Å². The average molecular weight is 396 g/mol. The van der Waals surface area contributed by atoms with Gasteiger partial charge in [0.25, 0.3) is 0 Å². The predicted molar refractivity (Wildman–Crippen MR) is 113 cm³/mol. The molecule has 154 valence electrons. The summed E-state index contributed by atoms with van der Waals surface area (Å²) in [6, 6.07) is 13.4. The second-order valence-electron chi connectivity index (χ2n) is 7.24. The van der Waals surface area contributed by atoms with Crippen LogP contribution in [-0.4, -0.2) is 46.4 Å². The lowest BCUT2D eigenvalue weighted by Crippen LogP contribution is -2.32. The number of hydrogen-bond acceptors (Lipinski definition) is 5. The number of aliphatic hydroxyl groups is 1. The molecule has 2 aromatic carbocycles.